The first-order valence-corrected chi connectivity index (χ1v) is 11.4. The highest BCUT2D eigenvalue weighted by Crippen LogP contribution is 2.15. The third-order valence-electron chi connectivity index (χ3n) is 4.50. The lowest BCUT2D eigenvalue weighted by Gasteiger charge is -2.08. The summed E-state index contributed by atoms with van der Waals surface area (Å²) in [6.45, 7) is 2.11. The number of benzene rings is 2. The molecule has 6 N–H and O–H groups in total. The number of aromatic nitrogens is 3. The summed E-state index contributed by atoms with van der Waals surface area (Å²) in [6, 6.07) is 16.3. The summed E-state index contributed by atoms with van der Waals surface area (Å²) in [5.74, 6) is 1.43. The standard InChI is InChI=1S/C21H27N7O2S/c22-11-14-24-12-4-13-25-16-21-26-20(15-17-5-2-1-3-6-17)27-28(21)18-7-9-19(10-8-18)31(23,29)30/h1-3,5-11,14,24-25H,4,12-13,15-16,22H2,(H2,23,29,30)/b14-11-. The van der Waals surface area contributed by atoms with Crippen molar-refractivity contribution in [1.29, 1.82) is 0 Å². The lowest BCUT2D eigenvalue weighted by atomic mass is 10.1. The zero-order chi connectivity index (χ0) is 22.1. The molecule has 0 saturated carbocycles. The Morgan fingerprint density at radius 3 is 2.45 bits per heavy atom. The highest BCUT2D eigenvalue weighted by atomic mass is 32.2. The summed E-state index contributed by atoms with van der Waals surface area (Å²) in [7, 11) is -3.75. The van der Waals surface area contributed by atoms with Gasteiger partial charge >= 0.3 is 0 Å². The van der Waals surface area contributed by atoms with Gasteiger partial charge < -0.3 is 16.4 Å². The predicted octanol–water partition coefficient (Wildman–Crippen LogP) is 1.00. The number of sulfonamides is 1. The van der Waals surface area contributed by atoms with Gasteiger partial charge in [0.05, 0.1) is 17.1 Å². The average molecular weight is 442 g/mol. The van der Waals surface area contributed by atoms with Crippen molar-refractivity contribution in [1.82, 2.24) is 25.4 Å². The Morgan fingerprint density at radius 1 is 1.03 bits per heavy atom. The van der Waals surface area contributed by atoms with Crippen LogP contribution in [0.15, 0.2) is 71.9 Å². The van der Waals surface area contributed by atoms with E-state index in [0.29, 0.717) is 24.5 Å². The van der Waals surface area contributed by atoms with Crippen molar-refractivity contribution in [3.8, 4) is 5.69 Å². The van der Waals surface area contributed by atoms with Crippen LogP contribution in [0.4, 0.5) is 0 Å². The van der Waals surface area contributed by atoms with Gasteiger partial charge in [-0.25, -0.2) is 23.2 Å². The van der Waals surface area contributed by atoms with Crippen LogP contribution in [0.2, 0.25) is 0 Å². The Kier molecular flexibility index (Phi) is 7.76. The van der Waals surface area contributed by atoms with Gasteiger partial charge in [0, 0.05) is 25.4 Å². The molecule has 0 unspecified atom stereocenters. The molecule has 0 fully saturated rings. The second-order valence-electron chi connectivity index (χ2n) is 6.90. The molecule has 3 rings (SSSR count). The van der Waals surface area contributed by atoms with E-state index in [0.717, 1.165) is 30.9 Å². The lowest BCUT2D eigenvalue weighted by molar-refractivity contribution is 0.597. The summed E-state index contributed by atoms with van der Waals surface area (Å²) in [5.41, 5.74) is 7.12. The van der Waals surface area contributed by atoms with Crippen molar-refractivity contribution in [3.05, 3.63) is 84.2 Å². The molecule has 3 aromatic rings. The van der Waals surface area contributed by atoms with Gasteiger partial charge in [0.25, 0.3) is 0 Å². The van der Waals surface area contributed by atoms with E-state index in [1.54, 1.807) is 23.0 Å². The lowest BCUT2D eigenvalue weighted by Crippen LogP contribution is -2.21. The minimum atomic E-state index is -3.75. The Morgan fingerprint density at radius 2 is 1.77 bits per heavy atom. The summed E-state index contributed by atoms with van der Waals surface area (Å²) in [4.78, 5) is 4.76. The maximum absolute atomic E-state index is 11.5. The number of hydrogen-bond acceptors (Lipinski definition) is 7. The van der Waals surface area contributed by atoms with E-state index in [1.807, 2.05) is 30.3 Å². The van der Waals surface area contributed by atoms with E-state index < -0.39 is 10.0 Å². The van der Waals surface area contributed by atoms with Crippen LogP contribution in [0, 0.1) is 0 Å². The second-order valence-corrected chi connectivity index (χ2v) is 8.46. The van der Waals surface area contributed by atoms with Crippen molar-refractivity contribution >= 4 is 10.0 Å². The van der Waals surface area contributed by atoms with Crippen LogP contribution in [0.3, 0.4) is 0 Å². The van der Waals surface area contributed by atoms with Gasteiger partial charge in [0.2, 0.25) is 10.0 Å². The molecule has 0 aliphatic heterocycles. The van der Waals surface area contributed by atoms with Crippen LogP contribution in [-0.2, 0) is 23.0 Å². The molecule has 10 heteroatoms. The van der Waals surface area contributed by atoms with Crippen LogP contribution in [0.5, 0.6) is 0 Å². The quantitative estimate of drug-likeness (QED) is 0.325. The molecule has 2 aromatic carbocycles. The van der Waals surface area contributed by atoms with E-state index >= 15 is 0 Å². The highest BCUT2D eigenvalue weighted by molar-refractivity contribution is 7.89. The fourth-order valence-corrected chi connectivity index (χ4v) is 3.53. The van der Waals surface area contributed by atoms with Gasteiger partial charge in [-0.3, -0.25) is 0 Å². The summed E-state index contributed by atoms with van der Waals surface area (Å²) < 4.78 is 24.8. The molecule has 0 amide bonds. The Bertz CT molecular complexity index is 1090. The highest BCUT2D eigenvalue weighted by Gasteiger charge is 2.14. The monoisotopic (exact) mass is 441 g/mol. The van der Waals surface area contributed by atoms with E-state index in [9.17, 15) is 8.42 Å². The molecule has 0 spiro atoms. The third kappa shape index (κ3) is 6.64. The zero-order valence-corrected chi connectivity index (χ0v) is 17.9. The van der Waals surface area contributed by atoms with Crippen molar-refractivity contribution in [3.63, 3.8) is 0 Å². The number of nitrogens with one attached hydrogen (secondary N) is 2. The first kappa shape index (κ1) is 22.5. The molecule has 9 nitrogen and oxygen atoms in total. The number of nitrogens with zero attached hydrogens (tertiary/aromatic N) is 3. The normalized spacial score (nSPS) is 11.8. The first-order valence-electron chi connectivity index (χ1n) is 9.90. The van der Waals surface area contributed by atoms with E-state index in [4.69, 9.17) is 15.9 Å². The minimum absolute atomic E-state index is 0.0552. The predicted molar refractivity (Wildman–Crippen MR) is 120 cm³/mol. The Hall–Kier alpha value is -3.21. The molecule has 1 aromatic heterocycles. The van der Waals surface area contributed by atoms with Crippen molar-refractivity contribution in [2.45, 2.75) is 24.3 Å². The fraction of sp³-hybridized carbons (Fsp3) is 0.238. The van der Waals surface area contributed by atoms with Crippen molar-refractivity contribution < 1.29 is 8.42 Å². The molecular formula is C21H27N7O2S. The summed E-state index contributed by atoms with van der Waals surface area (Å²) in [6.07, 6.45) is 4.69. The van der Waals surface area contributed by atoms with Crippen LogP contribution >= 0.6 is 0 Å². The van der Waals surface area contributed by atoms with Crippen LogP contribution in [-0.4, -0.2) is 36.3 Å². The van der Waals surface area contributed by atoms with Gasteiger partial charge in [-0.05, 0) is 42.8 Å². The van der Waals surface area contributed by atoms with Crippen molar-refractivity contribution in [2.24, 2.45) is 10.9 Å². The number of hydrogen-bond donors (Lipinski definition) is 4. The van der Waals surface area contributed by atoms with E-state index in [1.165, 1.54) is 18.3 Å². The van der Waals surface area contributed by atoms with E-state index in [-0.39, 0.29) is 4.90 Å². The topological polar surface area (TPSA) is 141 Å². The molecule has 164 valence electrons. The van der Waals surface area contributed by atoms with Gasteiger partial charge in [-0.1, -0.05) is 30.3 Å². The zero-order valence-electron chi connectivity index (χ0n) is 17.1. The van der Waals surface area contributed by atoms with Crippen LogP contribution < -0.4 is 21.5 Å². The van der Waals surface area contributed by atoms with Crippen LogP contribution in [0.25, 0.3) is 5.69 Å². The number of primary sulfonamides is 1. The van der Waals surface area contributed by atoms with Gasteiger partial charge in [-0.15, -0.1) is 0 Å². The largest absolute Gasteiger partial charge is 0.403 e. The fourth-order valence-electron chi connectivity index (χ4n) is 3.01. The molecule has 0 aliphatic carbocycles. The Labute approximate surface area is 182 Å². The summed E-state index contributed by atoms with van der Waals surface area (Å²) in [5, 5.41) is 16.3. The van der Waals surface area contributed by atoms with Gasteiger partial charge in [0.15, 0.2) is 5.82 Å². The molecule has 31 heavy (non-hydrogen) atoms. The molecule has 0 bridgehead atoms. The number of rotatable bonds is 11. The molecule has 0 radical (unpaired) electrons. The van der Waals surface area contributed by atoms with Gasteiger partial charge in [-0.2, -0.15) is 5.10 Å². The summed E-state index contributed by atoms with van der Waals surface area (Å²) >= 11 is 0. The third-order valence-corrected chi connectivity index (χ3v) is 5.43. The molecule has 0 aliphatic rings. The SMILES string of the molecule is N/C=C\NCCCNCc1nc(Cc2ccccc2)nn1-c1ccc(S(N)(=O)=O)cc1. The molecule has 0 saturated heterocycles. The molecule has 1 heterocycles. The first-order chi connectivity index (χ1) is 15.0. The second kappa shape index (κ2) is 10.7. The Balaban J connectivity index is 1.76. The molecular weight excluding hydrogens is 414 g/mol. The maximum atomic E-state index is 11.5. The van der Waals surface area contributed by atoms with E-state index in [2.05, 4.69) is 15.7 Å². The van der Waals surface area contributed by atoms with Crippen molar-refractivity contribution in [2.75, 3.05) is 13.1 Å². The van der Waals surface area contributed by atoms with Crippen LogP contribution in [0.1, 0.15) is 23.6 Å². The minimum Gasteiger partial charge on any atom is -0.403 e. The smallest absolute Gasteiger partial charge is 0.238 e. The molecule has 0 atom stereocenters. The average Bonchev–Trinajstić information content (AvgIpc) is 3.16. The number of nitrogens with two attached hydrogens (primary N) is 2. The van der Waals surface area contributed by atoms with Gasteiger partial charge in [0.1, 0.15) is 5.82 Å². The maximum Gasteiger partial charge on any atom is 0.238 e.